The van der Waals surface area contributed by atoms with Gasteiger partial charge in [0.1, 0.15) is 0 Å². The first-order valence-corrected chi connectivity index (χ1v) is 9.96. The van der Waals surface area contributed by atoms with Crippen LogP contribution in [0.15, 0.2) is 88.2 Å². The second kappa shape index (κ2) is 8.31. The Bertz CT molecular complexity index is 1040. The molecule has 0 spiro atoms. The molecule has 27 heavy (non-hydrogen) atoms. The molecule has 2 aliphatic rings. The van der Waals surface area contributed by atoms with E-state index in [1.807, 2.05) is 0 Å². The number of hydrogen-bond donors (Lipinski definition) is 0. The number of halogens is 2. The van der Waals surface area contributed by atoms with Crippen molar-refractivity contribution < 1.29 is 49.5 Å². The van der Waals surface area contributed by atoms with E-state index in [-0.39, 0.29) is 24.8 Å². The van der Waals surface area contributed by atoms with Gasteiger partial charge in [-0.1, -0.05) is 0 Å². The maximum atomic E-state index is 2.32. The molecule has 3 aromatic carbocycles. The average molecular weight is 468 g/mol. The topological polar surface area (TPSA) is 0 Å². The fourth-order valence-electron chi connectivity index (χ4n) is 4.24. The molecule has 0 heterocycles. The van der Waals surface area contributed by atoms with Gasteiger partial charge in [-0.3, -0.25) is 0 Å². The molecule has 0 saturated heterocycles. The SMILES string of the molecule is [Cl-].[Cl-].[Zr+2][C]1=C(c2cccc3c2C(c2ccccc2)c2ccccc2-3)C=CC1. The summed E-state index contributed by atoms with van der Waals surface area (Å²) < 4.78 is 1.56. The van der Waals surface area contributed by atoms with Crippen LogP contribution in [0.1, 0.15) is 34.6 Å². The molecule has 0 amide bonds. The Labute approximate surface area is 188 Å². The number of allylic oxidation sites excluding steroid dienone is 4. The third-order valence-electron chi connectivity index (χ3n) is 5.31. The molecular formula is C24H17Cl2Zr. The summed E-state index contributed by atoms with van der Waals surface area (Å²) in [5, 5.41) is 0. The summed E-state index contributed by atoms with van der Waals surface area (Å²) in [5.74, 6) is 0.328. The van der Waals surface area contributed by atoms with Gasteiger partial charge in [0, 0.05) is 0 Å². The van der Waals surface area contributed by atoms with Crippen molar-refractivity contribution in [1.82, 2.24) is 0 Å². The normalized spacial score (nSPS) is 16.4. The summed E-state index contributed by atoms with van der Waals surface area (Å²) in [6.45, 7) is 0. The zero-order valence-electron chi connectivity index (χ0n) is 14.6. The van der Waals surface area contributed by atoms with Gasteiger partial charge in [-0.15, -0.1) is 0 Å². The molecule has 131 valence electrons. The van der Waals surface area contributed by atoms with Crippen LogP contribution >= 0.6 is 0 Å². The molecule has 0 fully saturated rings. The average Bonchev–Trinajstić information content (AvgIpc) is 3.23. The quantitative estimate of drug-likeness (QED) is 0.392. The first-order chi connectivity index (χ1) is 12.3. The van der Waals surface area contributed by atoms with E-state index < -0.39 is 0 Å². The Balaban J connectivity index is 0.00000105. The Morgan fingerprint density at radius 2 is 1.37 bits per heavy atom. The van der Waals surface area contributed by atoms with Gasteiger partial charge in [-0.25, -0.2) is 0 Å². The van der Waals surface area contributed by atoms with Crippen molar-refractivity contribution in [1.29, 1.82) is 0 Å². The molecule has 0 radical (unpaired) electrons. The third-order valence-corrected chi connectivity index (χ3v) is 6.48. The van der Waals surface area contributed by atoms with Gasteiger partial charge in [0.15, 0.2) is 0 Å². The van der Waals surface area contributed by atoms with E-state index in [1.54, 1.807) is 3.28 Å². The zero-order chi connectivity index (χ0) is 16.8. The minimum absolute atomic E-state index is 0. The number of hydrogen-bond acceptors (Lipinski definition) is 0. The predicted octanol–water partition coefficient (Wildman–Crippen LogP) is 0.0730. The third kappa shape index (κ3) is 3.31. The minimum atomic E-state index is 0. The standard InChI is InChI=1S/C24H17.2ClH.Zr/c1-2-11-18(12-3-1)23-21-14-7-6-13-20(21)22-16-8-15-19(24(22)23)17-9-4-5-10-17;;;/h1-4,6-9,11-16,23H,5H2;2*1H;/q;;;+2/p-2. The van der Waals surface area contributed by atoms with E-state index in [0.717, 1.165) is 6.42 Å². The Morgan fingerprint density at radius 3 is 2.11 bits per heavy atom. The summed E-state index contributed by atoms with van der Waals surface area (Å²) in [5.41, 5.74) is 9.96. The van der Waals surface area contributed by atoms with Crippen molar-refractivity contribution in [3.8, 4) is 11.1 Å². The zero-order valence-corrected chi connectivity index (χ0v) is 18.6. The number of fused-ring (bicyclic) bond motifs is 3. The molecule has 1 atom stereocenters. The van der Waals surface area contributed by atoms with Crippen molar-refractivity contribution in [2.24, 2.45) is 0 Å². The van der Waals surface area contributed by atoms with E-state index in [1.165, 1.54) is 63.7 Å². The van der Waals surface area contributed by atoms with Gasteiger partial charge < -0.3 is 24.8 Å². The summed E-state index contributed by atoms with van der Waals surface area (Å²) in [6.07, 6.45) is 5.74. The van der Waals surface area contributed by atoms with E-state index in [0.29, 0.717) is 5.92 Å². The van der Waals surface area contributed by atoms with E-state index in [4.69, 9.17) is 0 Å². The summed E-state index contributed by atoms with van der Waals surface area (Å²) in [4.78, 5) is 0. The van der Waals surface area contributed by atoms with Crippen molar-refractivity contribution in [2.75, 3.05) is 0 Å². The number of benzene rings is 3. The first kappa shape index (κ1) is 20.3. The van der Waals surface area contributed by atoms with Crippen LogP contribution < -0.4 is 24.8 Å². The van der Waals surface area contributed by atoms with E-state index in [9.17, 15) is 0 Å². The van der Waals surface area contributed by atoms with Crippen LogP contribution in [0.5, 0.6) is 0 Å². The summed E-state index contributed by atoms with van der Waals surface area (Å²) >= 11 is 1.53. The van der Waals surface area contributed by atoms with Gasteiger partial charge in [-0.05, 0) is 0 Å². The fourth-order valence-corrected chi connectivity index (χ4v) is 5.07. The van der Waals surface area contributed by atoms with Crippen LogP contribution in [0, 0.1) is 0 Å². The van der Waals surface area contributed by atoms with E-state index >= 15 is 0 Å². The Kier molecular flexibility index (Phi) is 6.26. The van der Waals surface area contributed by atoms with E-state index in [2.05, 4.69) is 84.9 Å². The molecule has 0 aromatic heterocycles. The van der Waals surface area contributed by atoms with Crippen LogP contribution in [0.2, 0.25) is 0 Å². The molecule has 2 aliphatic carbocycles. The maximum absolute atomic E-state index is 2.32. The predicted molar refractivity (Wildman–Crippen MR) is 99.9 cm³/mol. The second-order valence-electron chi connectivity index (χ2n) is 6.70. The molecule has 5 rings (SSSR count). The van der Waals surface area contributed by atoms with Gasteiger partial charge in [0.2, 0.25) is 0 Å². The number of rotatable bonds is 2. The summed E-state index contributed by atoms with van der Waals surface area (Å²) in [7, 11) is 0. The van der Waals surface area contributed by atoms with Crippen LogP contribution in [0.25, 0.3) is 16.7 Å². The van der Waals surface area contributed by atoms with Crippen LogP contribution in [0.3, 0.4) is 0 Å². The van der Waals surface area contributed by atoms with Crippen molar-refractivity contribution >= 4 is 5.57 Å². The molecule has 0 nitrogen and oxygen atoms in total. The fraction of sp³-hybridized carbons (Fsp3) is 0.0833. The molecule has 3 heteroatoms. The van der Waals surface area contributed by atoms with Crippen molar-refractivity contribution in [2.45, 2.75) is 12.3 Å². The molecule has 0 N–H and O–H groups in total. The van der Waals surface area contributed by atoms with Crippen LogP contribution in [-0.2, 0) is 24.7 Å². The van der Waals surface area contributed by atoms with Gasteiger partial charge in [0.05, 0.1) is 0 Å². The molecule has 0 bridgehead atoms. The van der Waals surface area contributed by atoms with Crippen LogP contribution in [-0.4, -0.2) is 0 Å². The molecular weight excluding hydrogens is 450 g/mol. The van der Waals surface area contributed by atoms with Gasteiger partial charge in [0.25, 0.3) is 0 Å². The Hall–Kier alpha value is -1.40. The van der Waals surface area contributed by atoms with Gasteiger partial charge in [-0.2, -0.15) is 0 Å². The molecule has 3 aromatic rings. The first-order valence-electron chi connectivity index (χ1n) is 8.73. The summed E-state index contributed by atoms with van der Waals surface area (Å²) in [6, 6.07) is 26.7. The van der Waals surface area contributed by atoms with Gasteiger partial charge >= 0.3 is 164 Å². The Morgan fingerprint density at radius 1 is 0.704 bits per heavy atom. The van der Waals surface area contributed by atoms with Crippen molar-refractivity contribution in [3.05, 3.63) is 110 Å². The van der Waals surface area contributed by atoms with Crippen LogP contribution in [0.4, 0.5) is 0 Å². The second-order valence-corrected chi connectivity index (χ2v) is 8.18. The molecule has 0 aliphatic heterocycles. The molecule has 1 unspecified atom stereocenters. The van der Waals surface area contributed by atoms with Crippen molar-refractivity contribution in [3.63, 3.8) is 0 Å². The monoisotopic (exact) mass is 465 g/mol. The molecule has 0 saturated carbocycles.